The molecule has 0 aliphatic rings. The Morgan fingerprint density at radius 1 is 1.11 bits per heavy atom. The molecule has 2 aromatic rings. The van der Waals surface area contributed by atoms with E-state index in [1.807, 2.05) is 30.5 Å². The van der Waals surface area contributed by atoms with E-state index in [4.69, 9.17) is 23.2 Å². The van der Waals surface area contributed by atoms with Crippen molar-refractivity contribution in [3.05, 3.63) is 58.1 Å². The third-order valence-electron chi connectivity index (χ3n) is 2.54. The minimum atomic E-state index is -0.274. The Kier molecular flexibility index (Phi) is 4.75. The van der Waals surface area contributed by atoms with Gasteiger partial charge in [0.15, 0.2) is 0 Å². The van der Waals surface area contributed by atoms with Crippen molar-refractivity contribution in [2.75, 3.05) is 11.6 Å². The van der Waals surface area contributed by atoms with Gasteiger partial charge in [-0.2, -0.15) is 0 Å². The topological polar surface area (TPSA) is 29.1 Å². The molecule has 98 valence electrons. The summed E-state index contributed by atoms with van der Waals surface area (Å²) in [4.78, 5) is 13.2. The Bertz CT molecular complexity index is 599. The van der Waals surface area contributed by atoms with Crippen LogP contribution in [-0.4, -0.2) is 12.2 Å². The van der Waals surface area contributed by atoms with Gasteiger partial charge in [0.1, 0.15) is 0 Å². The molecular formula is C14H11Cl2NOS. The van der Waals surface area contributed by atoms with Crippen molar-refractivity contribution in [3.63, 3.8) is 0 Å². The second kappa shape index (κ2) is 6.33. The molecule has 0 saturated heterocycles. The summed E-state index contributed by atoms with van der Waals surface area (Å²) in [7, 11) is 0. The Balaban J connectivity index is 2.18. The molecule has 0 saturated carbocycles. The second-order valence-corrected chi connectivity index (χ2v) is 5.45. The van der Waals surface area contributed by atoms with E-state index in [2.05, 4.69) is 5.32 Å². The number of amides is 1. The Labute approximate surface area is 126 Å². The van der Waals surface area contributed by atoms with Crippen molar-refractivity contribution in [1.29, 1.82) is 0 Å². The summed E-state index contributed by atoms with van der Waals surface area (Å²) < 4.78 is 0. The summed E-state index contributed by atoms with van der Waals surface area (Å²) >= 11 is 13.5. The van der Waals surface area contributed by atoms with Gasteiger partial charge >= 0.3 is 0 Å². The van der Waals surface area contributed by atoms with Crippen molar-refractivity contribution in [2.24, 2.45) is 0 Å². The summed E-state index contributed by atoms with van der Waals surface area (Å²) in [5.74, 6) is -0.274. The van der Waals surface area contributed by atoms with E-state index in [1.54, 1.807) is 30.0 Å². The fourth-order valence-corrected chi connectivity index (χ4v) is 2.35. The molecule has 0 fully saturated rings. The zero-order valence-corrected chi connectivity index (χ0v) is 12.4. The summed E-state index contributed by atoms with van der Waals surface area (Å²) in [5, 5.41) is 3.42. The van der Waals surface area contributed by atoms with Gasteiger partial charge in [0, 0.05) is 10.6 Å². The molecule has 0 aromatic heterocycles. The van der Waals surface area contributed by atoms with Crippen LogP contribution < -0.4 is 5.32 Å². The number of benzene rings is 2. The molecule has 5 heteroatoms. The van der Waals surface area contributed by atoms with E-state index in [0.717, 1.165) is 10.6 Å². The van der Waals surface area contributed by atoms with Crippen molar-refractivity contribution in [1.82, 2.24) is 0 Å². The fraction of sp³-hybridized carbons (Fsp3) is 0.0714. The van der Waals surface area contributed by atoms with Gasteiger partial charge in [-0.3, -0.25) is 4.79 Å². The molecule has 0 unspecified atom stereocenters. The zero-order valence-electron chi connectivity index (χ0n) is 10.1. The standard InChI is InChI=1S/C14H11Cl2NOS/c1-19-10-7-5-9(6-8-10)17-14(18)11-3-2-4-12(15)13(11)16/h2-8H,1H3,(H,17,18). The van der Waals surface area contributed by atoms with Crippen LogP contribution in [0.2, 0.25) is 10.0 Å². The number of halogens is 2. The van der Waals surface area contributed by atoms with E-state index >= 15 is 0 Å². The number of anilines is 1. The van der Waals surface area contributed by atoms with Crippen molar-refractivity contribution < 1.29 is 4.79 Å². The molecule has 0 spiro atoms. The number of hydrogen-bond acceptors (Lipinski definition) is 2. The maximum atomic E-state index is 12.1. The first-order chi connectivity index (χ1) is 9.11. The van der Waals surface area contributed by atoms with Crippen LogP contribution in [-0.2, 0) is 0 Å². The lowest BCUT2D eigenvalue weighted by atomic mass is 10.2. The first kappa shape index (κ1) is 14.3. The van der Waals surface area contributed by atoms with Crippen LogP contribution in [0.5, 0.6) is 0 Å². The van der Waals surface area contributed by atoms with Gasteiger partial charge in [0.25, 0.3) is 5.91 Å². The summed E-state index contributed by atoms with van der Waals surface area (Å²) in [5.41, 5.74) is 1.09. The third kappa shape index (κ3) is 3.44. The maximum Gasteiger partial charge on any atom is 0.257 e. The van der Waals surface area contributed by atoms with Crippen LogP contribution in [0.4, 0.5) is 5.69 Å². The average molecular weight is 312 g/mol. The number of nitrogens with one attached hydrogen (secondary N) is 1. The maximum absolute atomic E-state index is 12.1. The molecule has 0 atom stereocenters. The van der Waals surface area contributed by atoms with Crippen LogP contribution in [0.25, 0.3) is 0 Å². The number of carbonyl (C=O) groups excluding carboxylic acids is 1. The fourth-order valence-electron chi connectivity index (χ4n) is 1.55. The molecule has 2 rings (SSSR count). The van der Waals surface area contributed by atoms with E-state index in [0.29, 0.717) is 10.6 Å². The lowest BCUT2D eigenvalue weighted by Gasteiger charge is -2.08. The van der Waals surface area contributed by atoms with Crippen LogP contribution in [0.3, 0.4) is 0 Å². The van der Waals surface area contributed by atoms with Crippen LogP contribution >= 0.6 is 35.0 Å². The quantitative estimate of drug-likeness (QED) is 0.811. The number of thioether (sulfide) groups is 1. The number of hydrogen-bond donors (Lipinski definition) is 1. The predicted octanol–water partition coefficient (Wildman–Crippen LogP) is 4.97. The van der Waals surface area contributed by atoms with Crippen molar-refractivity contribution in [3.8, 4) is 0 Å². The van der Waals surface area contributed by atoms with Crippen molar-refractivity contribution in [2.45, 2.75) is 4.90 Å². The predicted molar refractivity (Wildman–Crippen MR) is 82.6 cm³/mol. The van der Waals surface area contributed by atoms with Gasteiger partial charge in [0.2, 0.25) is 0 Å². The third-order valence-corrected chi connectivity index (χ3v) is 4.11. The minimum Gasteiger partial charge on any atom is -0.322 e. The normalized spacial score (nSPS) is 10.3. The molecule has 0 aliphatic heterocycles. The molecule has 0 radical (unpaired) electrons. The zero-order chi connectivity index (χ0) is 13.8. The summed E-state index contributed by atoms with van der Waals surface area (Å²) in [6.45, 7) is 0. The Hall–Kier alpha value is -1.16. The molecule has 19 heavy (non-hydrogen) atoms. The van der Waals surface area contributed by atoms with Gasteiger partial charge in [-0.1, -0.05) is 29.3 Å². The SMILES string of the molecule is CSc1ccc(NC(=O)c2cccc(Cl)c2Cl)cc1. The molecule has 0 aliphatic carbocycles. The highest BCUT2D eigenvalue weighted by molar-refractivity contribution is 7.98. The first-order valence-corrected chi connectivity index (χ1v) is 7.49. The monoisotopic (exact) mass is 311 g/mol. The van der Waals surface area contributed by atoms with Gasteiger partial charge in [-0.25, -0.2) is 0 Å². The number of rotatable bonds is 3. The van der Waals surface area contributed by atoms with Crippen LogP contribution in [0.1, 0.15) is 10.4 Å². The van der Waals surface area contributed by atoms with E-state index < -0.39 is 0 Å². The highest BCUT2D eigenvalue weighted by atomic mass is 35.5. The van der Waals surface area contributed by atoms with Gasteiger partial charge in [-0.05, 0) is 42.7 Å². The highest BCUT2D eigenvalue weighted by Crippen LogP contribution is 2.26. The summed E-state index contributed by atoms with van der Waals surface area (Å²) in [6, 6.07) is 12.6. The Morgan fingerprint density at radius 2 is 1.79 bits per heavy atom. The second-order valence-electron chi connectivity index (χ2n) is 3.78. The highest BCUT2D eigenvalue weighted by Gasteiger charge is 2.12. The van der Waals surface area contributed by atoms with Gasteiger partial charge in [-0.15, -0.1) is 11.8 Å². The summed E-state index contributed by atoms with van der Waals surface area (Å²) in [6.07, 6.45) is 2.00. The van der Waals surface area contributed by atoms with Crippen molar-refractivity contribution >= 4 is 46.6 Å². The molecule has 1 amide bonds. The van der Waals surface area contributed by atoms with Gasteiger partial charge < -0.3 is 5.32 Å². The van der Waals surface area contributed by atoms with Gasteiger partial charge in [0.05, 0.1) is 15.6 Å². The number of carbonyl (C=O) groups is 1. The van der Waals surface area contributed by atoms with E-state index in [9.17, 15) is 4.79 Å². The molecular weight excluding hydrogens is 301 g/mol. The molecule has 2 nitrogen and oxygen atoms in total. The molecule has 1 N–H and O–H groups in total. The Morgan fingerprint density at radius 3 is 2.42 bits per heavy atom. The smallest absolute Gasteiger partial charge is 0.257 e. The molecule has 0 heterocycles. The largest absolute Gasteiger partial charge is 0.322 e. The molecule has 2 aromatic carbocycles. The van der Waals surface area contributed by atoms with Crippen LogP contribution in [0.15, 0.2) is 47.4 Å². The molecule has 0 bridgehead atoms. The average Bonchev–Trinajstić information content (AvgIpc) is 2.42. The van der Waals surface area contributed by atoms with E-state index in [-0.39, 0.29) is 10.9 Å². The van der Waals surface area contributed by atoms with Crippen LogP contribution in [0, 0.1) is 0 Å². The minimum absolute atomic E-state index is 0.266. The van der Waals surface area contributed by atoms with E-state index in [1.165, 1.54) is 0 Å². The lowest BCUT2D eigenvalue weighted by Crippen LogP contribution is -2.12. The first-order valence-electron chi connectivity index (χ1n) is 5.51. The lowest BCUT2D eigenvalue weighted by molar-refractivity contribution is 0.102.